The number of rotatable bonds is 6. The van der Waals surface area contributed by atoms with Gasteiger partial charge in [0.05, 0.1) is 23.2 Å². The molecule has 2 heterocycles. The molecule has 2 aromatic carbocycles. The second-order valence-corrected chi connectivity index (χ2v) is 9.13. The minimum absolute atomic E-state index is 0.115. The van der Waals surface area contributed by atoms with Crippen molar-refractivity contribution in [1.82, 2.24) is 20.2 Å². The quantitative estimate of drug-likeness (QED) is 0.456. The van der Waals surface area contributed by atoms with Gasteiger partial charge >= 0.3 is 6.18 Å². The highest BCUT2D eigenvalue weighted by Crippen LogP contribution is 2.31. The van der Waals surface area contributed by atoms with Crippen LogP contribution in [0.5, 0.6) is 0 Å². The summed E-state index contributed by atoms with van der Waals surface area (Å²) in [6.45, 7) is 2.19. The number of hydrogen-bond acceptors (Lipinski definition) is 4. The van der Waals surface area contributed by atoms with Gasteiger partial charge in [-0.2, -0.15) is 13.2 Å². The van der Waals surface area contributed by atoms with Crippen molar-refractivity contribution < 1.29 is 31.5 Å². The predicted octanol–water partition coefficient (Wildman–Crippen LogP) is 4.96. The van der Waals surface area contributed by atoms with Crippen molar-refractivity contribution in [2.24, 2.45) is 0 Å². The highest BCUT2D eigenvalue weighted by molar-refractivity contribution is 5.95. The van der Waals surface area contributed by atoms with Crippen LogP contribution in [-0.2, 0) is 23.9 Å². The number of hydrogen-bond donors (Lipinski definition) is 1. The van der Waals surface area contributed by atoms with E-state index in [0.717, 1.165) is 24.3 Å². The second kappa shape index (κ2) is 11.2. The molecule has 1 fully saturated rings. The Morgan fingerprint density at radius 3 is 2.37 bits per heavy atom. The Kier molecular flexibility index (Phi) is 8.03. The highest BCUT2D eigenvalue weighted by Gasteiger charge is 2.31. The molecule has 0 bridgehead atoms. The molecule has 0 radical (unpaired) electrons. The lowest BCUT2D eigenvalue weighted by atomic mass is 9.90. The first-order valence-corrected chi connectivity index (χ1v) is 12.0. The molecule has 0 atom stereocenters. The van der Waals surface area contributed by atoms with E-state index in [1.54, 1.807) is 6.92 Å². The van der Waals surface area contributed by atoms with Gasteiger partial charge in [-0.3, -0.25) is 9.59 Å². The minimum atomic E-state index is -4.49. The van der Waals surface area contributed by atoms with Crippen molar-refractivity contribution in [3.05, 3.63) is 94.1 Å². The molecule has 1 aromatic heterocycles. The van der Waals surface area contributed by atoms with Crippen molar-refractivity contribution >= 4 is 11.8 Å². The van der Waals surface area contributed by atoms with Gasteiger partial charge in [-0.15, -0.1) is 0 Å². The number of likely N-dealkylation sites (tertiary alicyclic amines) is 1. The molecule has 200 valence electrons. The third-order valence-electron chi connectivity index (χ3n) is 6.51. The molecule has 0 spiro atoms. The number of amides is 2. The summed E-state index contributed by atoms with van der Waals surface area (Å²) in [7, 11) is 0. The molecular formula is C27H25F5N4O2. The van der Waals surface area contributed by atoms with E-state index >= 15 is 0 Å². The number of carbonyl (C=O) groups excluding carboxylic acids is 2. The summed E-state index contributed by atoms with van der Waals surface area (Å²) >= 11 is 0. The first-order valence-electron chi connectivity index (χ1n) is 12.0. The van der Waals surface area contributed by atoms with Gasteiger partial charge < -0.3 is 10.2 Å². The number of alkyl halides is 3. The van der Waals surface area contributed by atoms with E-state index in [2.05, 4.69) is 15.3 Å². The van der Waals surface area contributed by atoms with Gasteiger partial charge in [0.15, 0.2) is 0 Å². The monoisotopic (exact) mass is 532 g/mol. The zero-order valence-corrected chi connectivity index (χ0v) is 20.5. The van der Waals surface area contributed by atoms with Crippen molar-refractivity contribution in [3.63, 3.8) is 0 Å². The Morgan fingerprint density at radius 2 is 1.71 bits per heavy atom. The second-order valence-electron chi connectivity index (χ2n) is 9.13. The molecule has 0 unspecified atom stereocenters. The zero-order chi connectivity index (χ0) is 27.4. The molecular weight excluding hydrogens is 507 g/mol. The number of benzene rings is 2. The van der Waals surface area contributed by atoms with Crippen LogP contribution in [0.3, 0.4) is 0 Å². The van der Waals surface area contributed by atoms with E-state index in [-0.39, 0.29) is 30.0 Å². The molecule has 4 rings (SSSR count). The molecule has 6 nitrogen and oxygen atoms in total. The van der Waals surface area contributed by atoms with Crippen LogP contribution < -0.4 is 5.32 Å². The fourth-order valence-corrected chi connectivity index (χ4v) is 4.48. The van der Waals surface area contributed by atoms with Crippen LogP contribution in [0, 0.1) is 18.6 Å². The number of carbonyl (C=O) groups is 2. The van der Waals surface area contributed by atoms with E-state index in [0.29, 0.717) is 43.0 Å². The molecule has 0 saturated carbocycles. The molecule has 0 aliphatic carbocycles. The Morgan fingerprint density at radius 1 is 1.05 bits per heavy atom. The molecule has 1 saturated heterocycles. The van der Waals surface area contributed by atoms with Crippen molar-refractivity contribution in [3.8, 4) is 0 Å². The van der Waals surface area contributed by atoms with Gasteiger partial charge in [0.25, 0.3) is 5.91 Å². The molecule has 1 aliphatic rings. The van der Waals surface area contributed by atoms with Gasteiger partial charge in [0.1, 0.15) is 17.5 Å². The maximum atomic E-state index is 13.9. The summed E-state index contributed by atoms with van der Waals surface area (Å²) in [5, 5.41) is 2.64. The SMILES string of the molecule is Cc1ncc(C(=O)NCc2cccc(C(F)(F)F)c2)c(C2CCN(C(=O)Cc3c(F)cccc3F)CC2)n1. The van der Waals surface area contributed by atoms with Gasteiger partial charge in [-0.25, -0.2) is 18.7 Å². The molecule has 3 aromatic rings. The number of nitrogens with one attached hydrogen (secondary N) is 1. The zero-order valence-electron chi connectivity index (χ0n) is 20.5. The van der Waals surface area contributed by atoms with Gasteiger partial charge in [0.2, 0.25) is 5.91 Å². The fourth-order valence-electron chi connectivity index (χ4n) is 4.48. The Hall–Kier alpha value is -3.89. The first kappa shape index (κ1) is 27.2. The molecule has 1 N–H and O–H groups in total. The molecule has 38 heavy (non-hydrogen) atoms. The minimum Gasteiger partial charge on any atom is -0.348 e. The maximum Gasteiger partial charge on any atom is 0.416 e. The fraction of sp³-hybridized carbons (Fsp3) is 0.333. The standard InChI is InChI=1S/C27H25F5N4O2/c1-16-33-15-21(26(38)34-14-17-4-2-5-19(12-17)27(30,31)32)25(35-16)18-8-10-36(11-9-18)24(37)13-20-22(28)6-3-7-23(20)29/h2-7,12,15,18H,8-11,13-14H2,1H3,(H,34,38). The summed E-state index contributed by atoms with van der Waals surface area (Å²) in [4.78, 5) is 35.7. The van der Waals surface area contributed by atoms with E-state index in [1.807, 2.05) is 0 Å². The van der Waals surface area contributed by atoms with Crippen LogP contribution in [0.2, 0.25) is 0 Å². The van der Waals surface area contributed by atoms with Crippen molar-refractivity contribution in [2.45, 2.75) is 44.8 Å². The predicted molar refractivity (Wildman–Crippen MR) is 128 cm³/mol. The van der Waals surface area contributed by atoms with Crippen LogP contribution in [-0.4, -0.2) is 39.8 Å². The Labute approximate surface area is 215 Å². The molecule has 11 heteroatoms. The summed E-state index contributed by atoms with van der Waals surface area (Å²) < 4.78 is 66.9. The van der Waals surface area contributed by atoms with E-state index in [4.69, 9.17) is 0 Å². The normalized spacial score (nSPS) is 14.4. The lowest BCUT2D eigenvalue weighted by molar-refractivity contribution is -0.137. The van der Waals surface area contributed by atoms with E-state index < -0.39 is 35.2 Å². The summed E-state index contributed by atoms with van der Waals surface area (Å²) in [5.74, 6) is -2.20. The van der Waals surface area contributed by atoms with Crippen molar-refractivity contribution in [1.29, 1.82) is 0 Å². The largest absolute Gasteiger partial charge is 0.416 e. The van der Waals surface area contributed by atoms with Crippen LogP contribution in [0.15, 0.2) is 48.7 Å². The van der Waals surface area contributed by atoms with Crippen LogP contribution in [0.1, 0.15) is 57.3 Å². The lowest BCUT2D eigenvalue weighted by Gasteiger charge is -2.32. The topological polar surface area (TPSA) is 75.2 Å². The van der Waals surface area contributed by atoms with Crippen LogP contribution in [0.4, 0.5) is 22.0 Å². The average molecular weight is 533 g/mol. The van der Waals surface area contributed by atoms with Gasteiger partial charge in [0, 0.05) is 37.3 Å². The molecule has 1 aliphatic heterocycles. The van der Waals surface area contributed by atoms with E-state index in [9.17, 15) is 31.5 Å². The molecule has 2 amide bonds. The summed E-state index contributed by atoms with van der Waals surface area (Å²) in [6, 6.07) is 8.15. The number of piperidine rings is 1. The summed E-state index contributed by atoms with van der Waals surface area (Å²) in [6.07, 6.45) is -2.56. The first-order chi connectivity index (χ1) is 18.0. The number of aromatic nitrogens is 2. The average Bonchev–Trinajstić information content (AvgIpc) is 2.89. The lowest BCUT2D eigenvalue weighted by Crippen LogP contribution is -2.39. The Balaban J connectivity index is 1.41. The maximum absolute atomic E-state index is 13.9. The van der Waals surface area contributed by atoms with E-state index in [1.165, 1.54) is 29.3 Å². The number of halogens is 5. The van der Waals surface area contributed by atoms with Crippen molar-refractivity contribution in [2.75, 3.05) is 13.1 Å². The number of nitrogens with zero attached hydrogens (tertiary/aromatic N) is 3. The summed E-state index contributed by atoms with van der Waals surface area (Å²) in [5.41, 5.74) is -0.0821. The Bertz CT molecular complexity index is 1320. The highest BCUT2D eigenvalue weighted by atomic mass is 19.4. The smallest absolute Gasteiger partial charge is 0.348 e. The van der Waals surface area contributed by atoms with Gasteiger partial charge in [-0.1, -0.05) is 18.2 Å². The third-order valence-corrected chi connectivity index (χ3v) is 6.51. The van der Waals surface area contributed by atoms with Crippen LogP contribution >= 0.6 is 0 Å². The van der Waals surface area contributed by atoms with Crippen LogP contribution in [0.25, 0.3) is 0 Å². The van der Waals surface area contributed by atoms with Gasteiger partial charge in [-0.05, 0) is 49.6 Å². The third kappa shape index (κ3) is 6.32. The number of aryl methyl sites for hydroxylation is 1.